The van der Waals surface area contributed by atoms with Crippen molar-refractivity contribution in [1.29, 1.82) is 5.26 Å². The standard InChI is InChI=1S/C12H15F2N3/c1-2-3-16-4-5-17-12-10(13)6-9(8-15)7-11(12)14/h6-7,16-17H,2-5H2,1H3. The van der Waals surface area contributed by atoms with E-state index < -0.39 is 11.6 Å². The molecular weight excluding hydrogens is 224 g/mol. The Balaban J connectivity index is 2.57. The highest BCUT2D eigenvalue weighted by atomic mass is 19.1. The van der Waals surface area contributed by atoms with Gasteiger partial charge in [-0.15, -0.1) is 0 Å². The maximum atomic E-state index is 13.4. The zero-order chi connectivity index (χ0) is 12.7. The third-order valence-corrected chi connectivity index (χ3v) is 2.20. The van der Waals surface area contributed by atoms with E-state index in [1.807, 2.05) is 6.92 Å². The Hall–Kier alpha value is -1.67. The fourth-order valence-electron chi connectivity index (χ4n) is 1.38. The van der Waals surface area contributed by atoms with Gasteiger partial charge in [0.25, 0.3) is 0 Å². The molecule has 0 aliphatic rings. The Bertz CT molecular complexity index is 390. The summed E-state index contributed by atoms with van der Waals surface area (Å²) in [5, 5.41) is 14.3. The third-order valence-electron chi connectivity index (χ3n) is 2.20. The van der Waals surface area contributed by atoms with Crippen molar-refractivity contribution < 1.29 is 8.78 Å². The molecule has 92 valence electrons. The first-order valence-corrected chi connectivity index (χ1v) is 5.52. The van der Waals surface area contributed by atoms with Gasteiger partial charge >= 0.3 is 0 Å². The first-order chi connectivity index (χ1) is 8.19. The number of anilines is 1. The van der Waals surface area contributed by atoms with Crippen molar-refractivity contribution in [2.75, 3.05) is 25.0 Å². The van der Waals surface area contributed by atoms with Gasteiger partial charge in [-0.25, -0.2) is 8.78 Å². The monoisotopic (exact) mass is 239 g/mol. The molecular formula is C12H15F2N3. The van der Waals surface area contributed by atoms with E-state index in [1.54, 1.807) is 6.07 Å². The highest BCUT2D eigenvalue weighted by Crippen LogP contribution is 2.19. The van der Waals surface area contributed by atoms with Gasteiger partial charge in [-0.3, -0.25) is 0 Å². The smallest absolute Gasteiger partial charge is 0.150 e. The van der Waals surface area contributed by atoms with Gasteiger partial charge in [0.1, 0.15) is 5.69 Å². The van der Waals surface area contributed by atoms with E-state index in [-0.39, 0.29) is 11.3 Å². The van der Waals surface area contributed by atoms with Crippen molar-refractivity contribution in [3.8, 4) is 6.07 Å². The number of nitrogens with zero attached hydrogens (tertiary/aromatic N) is 1. The summed E-state index contributed by atoms with van der Waals surface area (Å²) < 4.78 is 26.8. The van der Waals surface area contributed by atoms with E-state index in [2.05, 4.69) is 10.6 Å². The molecule has 0 aromatic heterocycles. The Morgan fingerprint density at radius 1 is 1.18 bits per heavy atom. The fraction of sp³-hybridized carbons (Fsp3) is 0.417. The lowest BCUT2D eigenvalue weighted by atomic mass is 10.2. The first kappa shape index (κ1) is 13.4. The SMILES string of the molecule is CCCNCCNc1c(F)cc(C#N)cc1F. The van der Waals surface area contributed by atoms with E-state index in [0.717, 1.165) is 25.1 Å². The normalized spacial score (nSPS) is 10.0. The van der Waals surface area contributed by atoms with Crippen LogP contribution in [0.4, 0.5) is 14.5 Å². The number of nitriles is 1. The van der Waals surface area contributed by atoms with Crippen molar-refractivity contribution in [3.63, 3.8) is 0 Å². The van der Waals surface area contributed by atoms with Crippen LogP contribution < -0.4 is 10.6 Å². The van der Waals surface area contributed by atoms with Crippen LogP contribution in [0.25, 0.3) is 0 Å². The van der Waals surface area contributed by atoms with Crippen LogP contribution in [0.5, 0.6) is 0 Å². The molecule has 0 radical (unpaired) electrons. The summed E-state index contributed by atoms with van der Waals surface area (Å²) in [7, 11) is 0. The minimum absolute atomic E-state index is 0.0188. The van der Waals surface area contributed by atoms with Crippen molar-refractivity contribution >= 4 is 5.69 Å². The largest absolute Gasteiger partial charge is 0.379 e. The van der Waals surface area contributed by atoms with E-state index in [0.29, 0.717) is 13.1 Å². The quantitative estimate of drug-likeness (QED) is 0.748. The lowest BCUT2D eigenvalue weighted by molar-refractivity contribution is 0.585. The molecule has 5 heteroatoms. The number of hydrogen-bond donors (Lipinski definition) is 2. The summed E-state index contributed by atoms with van der Waals surface area (Å²) in [6, 6.07) is 3.74. The van der Waals surface area contributed by atoms with Crippen molar-refractivity contribution in [2.45, 2.75) is 13.3 Å². The maximum Gasteiger partial charge on any atom is 0.150 e. The lowest BCUT2D eigenvalue weighted by Gasteiger charge is -2.09. The number of benzene rings is 1. The van der Waals surface area contributed by atoms with Crippen molar-refractivity contribution in [2.24, 2.45) is 0 Å². The Kier molecular flexibility index (Phi) is 5.37. The zero-order valence-electron chi connectivity index (χ0n) is 9.69. The first-order valence-electron chi connectivity index (χ1n) is 5.52. The molecule has 1 aromatic carbocycles. The van der Waals surface area contributed by atoms with Crippen LogP contribution in [0, 0.1) is 23.0 Å². The van der Waals surface area contributed by atoms with Crippen LogP contribution in [0.2, 0.25) is 0 Å². The third kappa shape index (κ3) is 4.00. The molecule has 1 rings (SSSR count). The van der Waals surface area contributed by atoms with E-state index in [1.165, 1.54) is 0 Å². The highest BCUT2D eigenvalue weighted by Gasteiger charge is 2.10. The Labute approximate surface area is 99.4 Å². The summed E-state index contributed by atoms with van der Waals surface area (Å²) in [5.74, 6) is -1.48. The van der Waals surface area contributed by atoms with Crippen LogP contribution in [0.3, 0.4) is 0 Å². The van der Waals surface area contributed by atoms with Crippen LogP contribution in [0.15, 0.2) is 12.1 Å². The molecule has 0 saturated heterocycles. The molecule has 0 unspecified atom stereocenters. The summed E-state index contributed by atoms with van der Waals surface area (Å²) in [6.45, 7) is 3.98. The van der Waals surface area contributed by atoms with Gasteiger partial charge in [0.05, 0.1) is 11.6 Å². The van der Waals surface area contributed by atoms with Crippen LogP contribution >= 0.6 is 0 Å². The van der Waals surface area contributed by atoms with Gasteiger partial charge in [0.15, 0.2) is 11.6 Å². The lowest BCUT2D eigenvalue weighted by Crippen LogP contribution is -2.23. The van der Waals surface area contributed by atoms with E-state index in [4.69, 9.17) is 5.26 Å². The van der Waals surface area contributed by atoms with Gasteiger partial charge in [-0.2, -0.15) is 5.26 Å². The predicted molar refractivity (Wildman–Crippen MR) is 62.7 cm³/mol. The summed E-state index contributed by atoms with van der Waals surface area (Å²) >= 11 is 0. The molecule has 0 aliphatic carbocycles. The summed E-state index contributed by atoms with van der Waals surface area (Å²) in [5.41, 5.74) is -0.197. The van der Waals surface area contributed by atoms with Crippen molar-refractivity contribution in [3.05, 3.63) is 29.3 Å². The van der Waals surface area contributed by atoms with Gasteiger partial charge in [0.2, 0.25) is 0 Å². The average Bonchev–Trinajstić information content (AvgIpc) is 2.31. The fourth-order valence-corrected chi connectivity index (χ4v) is 1.38. The summed E-state index contributed by atoms with van der Waals surface area (Å²) in [6.07, 6.45) is 1.01. The Morgan fingerprint density at radius 3 is 2.35 bits per heavy atom. The molecule has 0 atom stereocenters. The zero-order valence-corrected chi connectivity index (χ0v) is 9.69. The molecule has 17 heavy (non-hydrogen) atoms. The second kappa shape index (κ2) is 6.81. The number of rotatable bonds is 6. The number of halogens is 2. The average molecular weight is 239 g/mol. The molecule has 0 bridgehead atoms. The molecule has 1 aromatic rings. The molecule has 0 saturated carbocycles. The molecule has 0 spiro atoms. The van der Waals surface area contributed by atoms with Gasteiger partial charge < -0.3 is 10.6 Å². The van der Waals surface area contributed by atoms with Crippen LogP contribution in [-0.4, -0.2) is 19.6 Å². The Morgan fingerprint density at radius 2 is 1.82 bits per heavy atom. The van der Waals surface area contributed by atoms with Crippen LogP contribution in [0.1, 0.15) is 18.9 Å². The van der Waals surface area contributed by atoms with Crippen LogP contribution in [-0.2, 0) is 0 Å². The second-order valence-corrected chi connectivity index (χ2v) is 3.60. The highest BCUT2D eigenvalue weighted by molar-refractivity contribution is 5.50. The molecule has 0 heterocycles. The minimum atomic E-state index is -0.739. The van der Waals surface area contributed by atoms with Crippen molar-refractivity contribution in [1.82, 2.24) is 5.32 Å². The topological polar surface area (TPSA) is 47.8 Å². The predicted octanol–water partition coefficient (Wildman–Crippen LogP) is 2.25. The van der Waals surface area contributed by atoms with E-state index in [9.17, 15) is 8.78 Å². The molecule has 0 fully saturated rings. The maximum absolute atomic E-state index is 13.4. The second-order valence-electron chi connectivity index (χ2n) is 3.60. The van der Waals surface area contributed by atoms with Gasteiger partial charge in [-0.05, 0) is 25.1 Å². The summed E-state index contributed by atoms with van der Waals surface area (Å²) in [4.78, 5) is 0. The molecule has 2 N–H and O–H groups in total. The number of nitrogens with one attached hydrogen (secondary N) is 2. The number of hydrogen-bond acceptors (Lipinski definition) is 3. The van der Waals surface area contributed by atoms with Gasteiger partial charge in [-0.1, -0.05) is 6.92 Å². The molecule has 3 nitrogen and oxygen atoms in total. The minimum Gasteiger partial charge on any atom is -0.379 e. The molecule has 0 aliphatic heterocycles. The van der Waals surface area contributed by atoms with E-state index >= 15 is 0 Å². The van der Waals surface area contributed by atoms with Gasteiger partial charge in [0, 0.05) is 13.1 Å². The molecule has 0 amide bonds.